The van der Waals surface area contributed by atoms with Gasteiger partial charge in [0.1, 0.15) is 6.54 Å². The first-order chi connectivity index (χ1) is 17.6. The lowest BCUT2D eigenvalue weighted by molar-refractivity contribution is -0.141. The van der Waals surface area contributed by atoms with Crippen LogP contribution in [0.2, 0.25) is 0 Å². The van der Waals surface area contributed by atoms with Gasteiger partial charge in [-0.05, 0) is 61.2 Å². The van der Waals surface area contributed by atoms with Crippen LogP contribution in [-0.2, 0) is 30.8 Å². The van der Waals surface area contributed by atoms with Crippen molar-refractivity contribution < 1.29 is 32.3 Å². The number of carbonyl (C=O) groups is 3. The summed E-state index contributed by atoms with van der Waals surface area (Å²) in [5.74, 6) is -1.16. The largest absolute Gasteiger partial charge is 0.468 e. The van der Waals surface area contributed by atoms with Crippen LogP contribution < -0.4 is 4.80 Å². The third-order valence-electron chi connectivity index (χ3n) is 6.30. The number of rotatable bonds is 6. The zero-order valence-electron chi connectivity index (χ0n) is 20.7. The lowest BCUT2D eigenvalue weighted by Crippen LogP contribution is -2.37. The number of sulfonamides is 1. The molecule has 1 saturated heterocycles. The van der Waals surface area contributed by atoms with E-state index in [1.807, 2.05) is 0 Å². The summed E-state index contributed by atoms with van der Waals surface area (Å²) >= 11 is 1.13. The van der Waals surface area contributed by atoms with Crippen molar-refractivity contribution in [3.05, 3.63) is 58.4 Å². The Morgan fingerprint density at radius 2 is 1.65 bits per heavy atom. The number of hydrogen-bond donors (Lipinski definition) is 0. The van der Waals surface area contributed by atoms with Crippen LogP contribution in [0.1, 0.15) is 40.5 Å². The average Bonchev–Trinajstić information content (AvgIpc) is 3.23. The number of carbonyl (C=O) groups excluding carboxylic acids is 3. The number of piperidine rings is 1. The molecule has 2 aromatic carbocycles. The lowest BCUT2D eigenvalue weighted by Gasteiger charge is -2.29. The number of aromatic nitrogens is 1. The molecule has 0 unspecified atom stereocenters. The molecule has 2 heterocycles. The summed E-state index contributed by atoms with van der Waals surface area (Å²) in [5.41, 5.74) is 1.11. The van der Waals surface area contributed by atoms with Gasteiger partial charge in [-0.2, -0.15) is 9.30 Å². The number of hydrogen-bond acceptors (Lipinski definition) is 8. The van der Waals surface area contributed by atoms with Gasteiger partial charge in [-0.25, -0.2) is 13.2 Å². The van der Waals surface area contributed by atoms with E-state index < -0.39 is 27.9 Å². The van der Waals surface area contributed by atoms with E-state index in [0.717, 1.165) is 24.2 Å². The SMILES string of the molecule is COC(=O)Cn1c(=NC(=O)c2ccc(S(=O)(=O)N3CCC(C)CC3)cc2)sc2cc(C(=O)OC)ccc21. The van der Waals surface area contributed by atoms with Crippen LogP contribution in [0.3, 0.4) is 0 Å². The quantitative estimate of drug-likeness (QED) is 0.436. The van der Waals surface area contributed by atoms with E-state index in [2.05, 4.69) is 11.9 Å². The van der Waals surface area contributed by atoms with Crippen molar-refractivity contribution in [2.24, 2.45) is 10.9 Å². The van der Waals surface area contributed by atoms with Gasteiger partial charge in [0.25, 0.3) is 5.91 Å². The predicted octanol–water partition coefficient (Wildman–Crippen LogP) is 2.82. The molecule has 0 atom stereocenters. The summed E-state index contributed by atoms with van der Waals surface area (Å²) < 4.78 is 39.1. The Labute approximate surface area is 218 Å². The number of thiazole rings is 1. The summed E-state index contributed by atoms with van der Waals surface area (Å²) in [6.45, 7) is 2.87. The van der Waals surface area contributed by atoms with Gasteiger partial charge < -0.3 is 14.0 Å². The highest BCUT2D eigenvalue weighted by Crippen LogP contribution is 2.24. The number of nitrogens with zero attached hydrogens (tertiary/aromatic N) is 3. The first-order valence-electron chi connectivity index (χ1n) is 11.6. The third-order valence-corrected chi connectivity index (χ3v) is 9.25. The topological polar surface area (TPSA) is 124 Å². The number of methoxy groups -OCH3 is 2. The molecular weight excluding hydrogens is 518 g/mol. The molecule has 0 saturated carbocycles. The zero-order chi connectivity index (χ0) is 26.7. The fourth-order valence-electron chi connectivity index (χ4n) is 4.05. The van der Waals surface area contributed by atoms with E-state index in [1.165, 1.54) is 47.4 Å². The van der Waals surface area contributed by atoms with Gasteiger partial charge in [-0.15, -0.1) is 0 Å². The maximum atomic E-state index is 13.0. The monoisotopic (exact) mass is 545 g/mol. The average molecular weight is 546 g/mol. The van der Waals surface area contributed by atoms with E-state index in [4.69, 9.17) is 9.47 Å². The molecule has 3 aromatic rings. The van der Waals surface area contributed by atoms with Crippen molar-refractivity contribution in [2.75, 3.05) is 27.3 Å². The zero-order valence-corrected chi connectivity index (χ0v) is 22.3. The molecule has 0 aliphatic carbocycles. The molecule has 4 rings (SSSR count). The minimum absolute atomic E-state index is 0.122. The van der Waals surface area contributed by atoms with Crippen LogP contribution in [0.4, 0.5) is 0 Å². The lowest BCUT2D eigenvalue weighted by atomic mass is 10.0. The molecule has 37 heavy (non-hydrogen) atoms. The molecule has 0 spiro atoms. The molecule has 196 valence electrons. The Balaban J connectivity index is 1.67. The van der Waals surface area contributed by atoms with Crippen molar-refractivity contribution in [1.82, 2.24) is 8.87 Å². The highest BCUT2D eigenvalue weighted by molar-refractivity contribution is 7.89. The molecular formula is C25H27N3O7S2. The second kappa shape index (κ2) is 11.0. The molecule has 0 radical (unpaired) electrons. The summed E-state index contributed by atoms with van der Waals surface area (Å²) in [4.78, 5) is 41.5. The highest BCUT2D eigenvalue weighted by atomic mass is 32.2. The van der Waals surface area contributed by atoms with Crippen molar-refractivity contribution in [3.8, 4) is 0 Å². The number of benzene rings is 2. The molecule has 0 bridgehead atoms. The Bertz CT molecular complexity index is 1510. The Hall–Kier alpha value is -3.35. The number of fused-ring (bicyclic) bond motifs is 1. The van der Waals surface area contributed by atoms with Crippen molar-refractivity contribution in [3.63, 3.8) is 0 Å². The minimum Gasteiger partial charge on any atom is -0.468 e. The van der Waals surface area contributed by atoms with Gasteiger partial charge in [-0.3, -0.25) is 9.59 Å². The fourth-order valence-corrected chi connectivity index (χ4v) is 6.58. The van der Waals surface area contributed by atoms with E-state index in [9.17, 15) is 22.8 Å². The van der Waals surface area contributed by atoms with E-state index in [0.29, 0.717) is 34.8 Å². The van der Waals surface area contributed by atoms with Crippen molar-refractivity contribution >= 4 is 49.4 Å². The van der Waals surface area contributed by atoms with Gasteiger partial charge in [-0.1, -0.05) is 18.3 Å². The van der Waals surface area contributed by atoms with Crippen LogP contribution in [0.5, 0.6) is 0 Å². The Morgan fingerprint density at radius 1 is 1.00 bits per heavy atom. The standard InChI is InChI=1S/C25H27N3O7S2/c1-16-10-12-27(13-11-16)37(32,33)19-7-4-17(5-8-19)23(30)26-25-28(15-22(29)34-2)20-9-6-18(24(31)35-3)14-21(20)36-25/h4-9,14,16H,10-13,15H2,1-3H3. The Kier molecular flexibility index (Phi) is 7.90. The molecule has 12 heteroatoms. The third kappa shape index (κ3) is 5.65. The van der Waals surface area contributed by atoms with Crippen molar-refractivity contribution in [1.29, 1.82) is 0 Å². The van der Waals surface area contributed by atoms with Gasteiger partial charge in [0.2, 0.25) is 10.0 Å². The van der Waals surface area contributed by atoms with Gasteiger partial charge in [0.15, 0.2) is 4.80 Å². The van der Waals surface area contributed by atoms with E-state index >= 15 is 0 Å². The second-order valence-corrected chi connectivity index (χ2v) is 11.7. The van der Waals surface area contributed by atoms with Gasteiger partial charge in [0.05, 0.1) is 34.9 Å². The van der Waals surface area contributed by atoms with Crippen LogP contribution in [0.15, 0.2) is 52.4 Å². The second-order valence-electron chi connectivity index (χ2n) is 8.75. The van der Waals surface area contributed by atoms with E-state index in [-0.39, 0.29) is 21.8 Å². The maximum absolute atomic E-state index is 13.0. The summed E-state index contributed by atoms with van der Waals surface area (Å²) in [5, 5.41) is 0. The smallest absolute Gasteiger partial charge is 0.337 e. The fraction of sp³-hybridized carbons (Fsp3) is 0.360. The minimum atomic E-state index is -3.64. The van der Waals surface area contributed by atoms with Crippen LogP contribution in [0, 0.1) is 5.92 Å². The highest BCUT2D eigenvalue weighted by Gasteiger charge is 2.28. The molecule has 1 aliphatic heterocycles. The van der Waals surface area contributed by atoms with E-state index in [1.54, 1.807) is 18.2 Å². The number of esters is 2. The molecule has 1 amide bonds. The first kappa shape index (κ1) is 26.7. The molecule has 1 aliphatic rings. The van der Waals surface area contributed by atoms with Crippen LogP contribution in [-0.4, -0.2) is 62.4 Å². The molecule has 0 N–H and O–H groups in total. The molecule has 1 fully saturated rings. The molecule has 10 nitrogen and oxygen atoms in total. The summed E-state index contributed by atoms with van der Waals surface area (Å²) in [7, 11) is -1.10. The first-order valence-corrected chi connectivity index (χ1v) is 13.9. The summed E-state index contributed by atoms with van der Waals surface area (Å²) in [6.07, 6.45) is 1.63. The summed E-state index contributed by atoms with van der Waals surface area (Å²) in [6, 6.07) is 10.5. The van der Waals surface area contributed by atoms with Crippen LogP contribution >= 0.6 is 11.3 Å². The van der Waals surface area contributed by atoms with Crippen molar-refractivity contribution in [2.45, 2.75) is 31.2 Å². The molecule has 1 aromatic heterocycles. The van der Waals surface area contributed by atoms with Crippen LogP contribution in [0.25, 0.3) is 10.2 Å². The predicted molar refractivity (Wildman–Crippen MR) is 137 cm³/mol. The number of amides is 1. The maximum Gasteiger partial charge on any atom is 0.337 e. The normalized spacial score (nSPS) is 15.6. The van der Waals surface area contributed by atoms with Gasteiger partial charge in [0, 0.05) is 18.7 Å². The Morgan fingerprint density at radius 3 is 2.27 bits per heavy atom. The van der Waals surface area contributed by atoms with Gasteiger partial charge >= 0.3 is 11.9 Å². The number of ether oxygens (including phenoxy) is 2.